The summed E-state index contributed by atoms with van der Waals surface area (Å²) in [6.45, 7) is 4.65. The highest BCUT2D eigenvalue weighted by Gasteiger charge is 2.30. The predicted octanol–water partition coefficient (Wildman–Crippen LogP) is 4.17. The first-order valence-electron chi connectivity index (χ1n) is 10.00. The summed E-state index contributed by atoms with van der Waals surface area (Å²) < 4.78 is 13.4. The van der Waals surface area contributed by atoms with Crippen LogP contribution in [0.25, 0.3) is 5.57 Å². The topological polar surface area (TPSA) is 106 Å². The third-order valence-corrected chi connectivity index (χ3v) is 6.49. The SMILES string of the molecule is CC(=N)/C(C)=C1\C(=N)Sc2c(NCc3ccc(C(=O)N4CC[C@H](F)C4)cc3)ncnc21. The molecule has 3 heterocycles. The summed E-state index contributed by atoms with van der Waals surface area (Å²) in [5, 5.41) is 19.9. The van der Waals surface area contributed by atoms with Crippen LogP contribution >= 0.6 is 11.8 Å². The Kier molecular flexibility index (Phi) is 5.86. The second kappa shape index (κ2) is 8.58. The number of nitrogens with zero attached hydrogens (tertiary/aromatic N) is 3. The number of aromatic nitrogens is 2. The van der Waals surface area contributed by atoms with Crippen LogP contribution < -0.4 is 5.32 Å². The fourth-order valence-corrected chi connectivity index (χ4v) is 4.64. The predicted molar refractivity (Wildman–Crippen MR) is 121 cm³/mol. The molecule has 1 aromatic carbocycles. The normalized spacial score (nSPS) is 19.4. The molecule has 7 nitrogen and oxygen atoms in total. The highest BCUT2D eigenvalue weighted by molar-refractivity contribution is 8.15. The minimum Gasteiger partial charge on any atom is -0.365 e. The average molecular weight is 439 g/mol. The molecule has 0 radical (unpaired) electrons. The van der Waals surface area contributed by atoms with Crippen molar-refractivity contribution in [2.24, 2.45) is 0 Å². The van der Waals surface area contributed by atoms with E-state index in [2.05, 4.69) is 15.3 Å². The Bertz CT molecular complexity index is 1100. The van der Waals surface area contributed by atoms with E-state index in [1.165, 1.54) is 18.1 Å². The maximum atomic E-state index is 13.4. The van der Waals surface area contributed by atoms with Crippen LogP contribution in [0.1, 0.15) is 41.9 Å². The van der Waals surface area contributed by atoms with Crippen molar-refractivity contribution in [2.75, 3.05) is 18.4 Å². The van der Waals surface area contributed by atoms with Crippen LogP contribution in [-0.4, -0.2) is 50.8 Å². The molecule has 1 amide bonds. The number of hydrogen-bond donors (Lipinski definition) is 3. The van der Waals surface area contributed by atoms with Gasteiger partial charge < -0.3 is 15.6 Å². The van der Waals surface area contributed by atoms with Gasteiger partial charge in [-0.05, 0) is 43.5 Å². The number of benzene rings is 1. The van der Waals surface area contributed by atoms with Gasteiger partial charge >= 0.3 is 0 Å². The van der Waals surface area contributed by atoms with Gasteiger partial charge in [-0.1, -0.05) is 23.9 Å². The maximum Gasteiger partial charge on any atom is 0.253 e. The second-order valence-electron chi connectivity index (χ2n) is 7.64. The standard InChI is InChI=1S/C22H23FN6OS/c1-12(13(2)24)17-18-19(31-20(17)25)21(28-11-27-18)26-9-14-3-5-15(6-4-14)22(30)29-8-7-16(23)10-29/h3-6,11,16,24-25H,7-10H2,1-2H3,(H,26,27,28)/b17-12-,24-13?,25-20?/t16-/m0/s1. The van der Waals surface area contributed by atoms with Gasteiger partial charge in [0.2, 0.25) is 0 Å². The van der Waals surface area contributed by atoms with Gasteiger partial charge in [0, 0.05) is 29.9 Å². The number of fused-ring (bicyclic) bond motifs is 1. The number of alkyl halides is 1. The fourth-order valence-electron chi connectivity index (χ4n) is 3.61. The average Bonchev–Trinajstić information content (AvgIpc) is 3.34. The Morgan fingerprint density at radius 2 is 2.03 bits per heavy atom. The van der Waals surface area contributed by atoms with Crippen molar-refractivity contribution in [1.29, 1.82) is 10.8 Å². The molecule has 0 bridgehead atoms. The van der Waals surface area contributed by atoms with Crippen LogP contribution in [0, 0.1) is 10.8 Å². The smallest absolute Gasteiger partial charge is 0.253 e. The molecule has 1 atom stereocenters. The number of thioether (sulfide) groups is 1. The van der Waals surface area contributed by atoms with Gasteiger partial charge in [-0.2, -0.15) is 0 Å². The number of halogens is 1. The van der Waals surface area contributed by atoms with E-state index >= 15 is 0 Å². The molecule has 4 rings (SSSR count). The van der Waals surface area contributed by atoms with Crippen LogP contribution in [0.4, 0.5) is 10.2 Å². The minimum absolute atomic E-state index is 0.139. The maximum absolute atomic E-state index is 13.4. The van der Waals surface area contributed by atoms with Crippen molar-refractivity contribution >= 4 is 39.8 Å². The monoisotopic (exact) mass is 438 g/mol. The first kappa shape index (κ1) is 21.2. The summed E-state index contributed by atoms with van der Waals surface area (Å²) in [7, 11) is 0. The quantitative estimate of drug-likeness (QED) is 0.608. The molecular formula is C22H23FN6OS. The highest BCUT2D eigenvalue weighted by Crippen LogP contribution is 2.44. The van der Waals surface area contributed by atoms with E-state index in [0.717, 1.165) is 16.0 Å². The van der Waals surface area contributed by atoms with Crippen LogP contribution in [-0.2, 0) is 6.54 Å². The van der Waals surface area contributed by atoms with Crippen molar-refractivity contribution in [1.82, 2.24) is 14.9 Å². The van der Waals surface area contributed by atoms with Crippen molar-refractivity contribution in [3.8, 4) is 0 Å². The highest BCUT2D eigenvalue weighted by atomic mass is 32.2. The van der Waals surface area contributed by atoms with Crippen LogP contribution in [0.15, 0.2) is 41.1 Å². The molecule has 0 saturated carbocycles. The molecule has 0 unspecified atom stereocenters. The number of amides is 1. The van der Waals surface area contributed by atoms with Crippen molar-refractivity contribution in [3.05, 3.63) is 53.0 Å². The Balaban J connectivity index is 1.47. The molecule has 31 heavy (non-hydrogen) atoms. The van der Waals surface area contributed by atoms with Gasteiger partial charge in [0.15, 0.2) is 0 Å². The van der Waals surface area contributed by atoms with Gasteiger partial charge in [-0.3, -0.25) is 10.2 Å². The number of carbonyl (C=O) groups excluding carboxylic acids is 1. The molecule has 3 N–H and O–H groups in total. The minimum atomic E-state index is -0.927. The summed E-state index contributed by atoms with van der Waals surface area (Å²) in [6.07, 6.45) is 0.939. The van der Waals surface area contributed by atoms with Gasteiger partial charge in [0.25, 0.3) is 5.91 Å². The molecule has 9 heteroatoms. The number of rotatable bonds is 5. The van der Waals surface area contributed by atoms with Crippen LogP contribution in [0.3, 0.4) is 0 Å². The number of nitrogens with one attached hydrogen (secondary N) is 3. The van der Waals surface area contributed by atoms with Gasteiger partial charge in [0.05, 0.1) is 17.1 Å². The van der Waals surface area contributed by atoms with Crippen molar-refractivity contribution in [3.63, 3.8) is 0 Å². The van der Waals surface area contributed by atoms with Gasteiger partial charge in [0.1, 0.15) is 23.4 Å². The molecule has 1 saturated heterocycles. The van der Waals surface area contributed by atoms with E-state index in [1.807, 2.05) is 19.1 Å². The number of carbonyl (C=O) groups is 1. The summed E-state index contributed by atoms with van der Waals surface area (Å²) in [5.41, 5.74) is 4.02. The van der Waals surface area contributed by atoms with E-state index in [0.29, 0.717) is 52.9 Å². The molecule has 2 aliphatic rings. The van der Waals surface area contributed by atoms with E-state index < -0.39 is 6.17 Å². The first-order valence-corrected chi connectivity index (χ1v) is 10.8. The molecule has 2 aliphatic heterocycles. The number of allylic oxidation sites excluding steroid dienone is 1. The first-order chi connectivity index (χ1) is 14.8. The summed E-state index contributed by atoms with van der Waals surface area (Å²) in [5.74, 6) is 0.496. The fraction of sp³-hybridized carbons (Fsp3) is 0.318. The lowest BCUT2D eigenvalue weighted by Gasteiger charge is -2.15. The second-order valence-corrected chi connectivity index (χ2v) is 8.66. The molecule has 0 aliphatic carbocycles. The van der Waals surface area contributed by atoms with Crippen LogP contribution in [0.2, 0.25) is 0 Å². The van der Waals surface area contributed by atoms with E-state index in [4.69, 9.17) is 10.8 Å². The van der Waals surface area contributed by atoms with Gasteiger partial charge in [-0.15, -0.1) is 0 Å². The zero-order chi connectivity index (χ0) is 22.1. The Morgan fingerprint density at radius 1 is 1.29 bits per heavy atom. The number of anilines is 1. The Labute approximate surface area is 184 Å². The lowest BCUT2D eigenvalue weighted by atomic mass is 10.0. The van der Waals surface area contributed by atoms with Crippen molar-refractivity contribution in [2.45, 2.75) is 37.9 Å². The molecule has 160 valence electrons. The van der Waals surface area contributed by atoms with E-state index in [1.54, 1.807) is 24.0 Å². The summed E-state index contributed by atoms with van der Waals surface area (Å²) in [4.78, 5) is 23.5. The molecule has 0 spiro atoms. The van der Waals surface area contributed by atoms with Crippen LogP contribution in [0.5, 0.6) is 0 Å². The number of hydrogen-bond acceptors (Lipinski definition) is 7. The molecule has 1 aromatic heterocycles. The van der Waals surface area contributed by atoms with E-state index in [-0.39, 0.29) is 12.5 Å². The third kappa shape index (κ3) is 4.23. The molecule has 2 aromatic rings. The molecule has 1 fully saturated rings. The van der Waals surface area contributed by atoms with Crippen molar-refractivity contribution < 1.29 is 9.18 Å². The lowest BCUT2D eigenvalue weighted by Crippen LogP contribution is -2.28. The molecular weight excluding hydrogens is 415 g/mol. The van der Waals surface area contributed by atoms with E-state index in [9.17, 15) is 9.18 Å². The Morgan fingerprint density at radius 3 is 2.68 bits per heavy atom. The van der Waals surface area contributed by atoms with Gasteiger partial charge in [-0.25, -0.2) is 14.4 Å². The number of likely N-dealkylation sites (tertiary alicyclic amines) is 1. The zero-order valence-electron chi connectivity index (χ0n) is 17.3. The largest absolute Gasteiger partial charge is 0.365 e. The zero-order valence-corrected chi connectivity index (χ0v) is 18.1. The third-order valence-electron chi connectivity index (χ3n) is 5.49. The Hall–Kier alpha value is -3.07. The summed E-state index contributed by atoms with van der Waals surface area (Å²) in [6, 6.07) is 7.26. The lowest BCUT2D eigenvalue weighted by molar-refractivity contribution is 0.0783. The summed E-state index contributed by atoms with van der Waals surface area (Å²) >= 11 is 1.29.